The Balaban J connectivity index is 2.39. The summed E-state index contributed by atoms with van der Waals surface area (Å²) in [7, 11) is 1.36. The van der Waals surface area contributed by atoms with Gasteiger partial charge >= 0.3 is 0 Å². The van der Waals surface area contributed by atoms with Crippen LogP contribution < -0.4 is 4.90 Å². The van der Waals surface area contributed by atoms with Crippen molar-refractivity contribution in [3.8, 4) is 0 Å². The van der Waals surface area contributed by atoms with E-state index >= 15 is 0 Å². The van der Waals surface area contributed by atoms with Crippen molar-refractivity contribution in [2.24, 2.45) is 0 Å². The van der Waals surface area contributed by atoms with Gasteiger partial charge < -0.3 is 4.90 Å². The molecular weight excluding hydrogens is 340 g/mol. The van der Waals surface area contributed by atoms with Crippen LogP contribution in [-0.4, -0.2) is 26.1 Å². The molecular formula is C10H7Cl3FNO3S. The Labute approximate surface area is 123 Å². The Hall–Kier alpha value is -0.560. The van der Waals surface area contributed by atoms with E-state index in [1.54, 1.807) is 0 Å². The molecule has 1 aliphatic rings. The van der Waals surface area contributed by atoms with Gasteiger partial charge in [-0.3, -0.25) is 4.79 Å². The van der Waals surface area contributed by atoms with Crippen LogP contribution in [-0.2, 0) is 13.8 Å². The summed E-state index contributed by atoms with van der Waals surface area (Å²) in [6.07, 6.45) is -0.258. The highest BCUT2D eigenvalue weighted by Gasteiger charge is 2.38. The molecule has 0 radical (unpaired) electrons. The molecule has 19 heavy (non-hydrogen) atoms. The average Bonchev–Trinajstić information content (AvgIpc) is 2.65. The molecule has 2 rings (SSSR count). The van der Waals surface area contributed by atoms with Gasteiger partial charge in [-0.15, -0.1) is 0 Å². The number of carbonyl (C=O) groups is 1. The number of anilines is 1. The molecule has 0 N–H and O–H groups in total. The predicted octanol–water partition coefficient (Wildman–Crippen LogP) is 2.81. The maximum absolute atomic E-state index is 13.4. The molecule has 0 aromatic heterocycles. The van der Waals surface area contributed by atoms with Gasteiger partial charge in [0.1, 0.15) is 11.1 Å². The fourth-order valence-electron chi connectivity index (χ4n) is 1.82. The lowest BCUT2D eigenvalue weighted by atomic mass is 10.3. The van der Waals surface area contributed by atoms with Crippen molar-refractivity contribution in [3.05, 3.63) is 28.0 Å². The average molecular weight is 347 g/mol. The second kappa shape index (κ2) is 5.09. The van der Waals surface area contributed by atoms with Crippen LogP contribution in [0.1, 0.15) is 6.42 Å². The number of halogens is 4. The molecule has 0 bridgehead atoms. The number of benzene rings is 1. The molecule has 1 unspecified atom stereocenters. The fraction of sp³-hybridized carbons (Fsp3) is 0.300. The van der Waals surface area contributed by atoms with E-state index in [1.165, 1.54) is 0 Å². The lowest BCUT2D eigenvalue weighted by Gasteiger charge is -2.18. The van der Waals surface area contributed by atoms with Gasteiger partial charge in [0.15, 0.2) is 0 Å². The summed E-state index contributed by atoms with van der Waals surface area (Å²) in [5.74, 6) is -1.23. The topological polar surface area (TPSA) is 54.5 Å². The molecule has 0 saturated carbocycles. The van der Waals surface area contributed by atoms with Crippen molar-refractivity contribution in [1.29, 1.82) is 0 Å². The van der Waals surface area contributed by atoms with Gasteiger partial charge in [0.05, 0.1) is 15.7 Å². The van der Waals surface area contributed by atoms with Crippen molar-refractivity contribution < 1.29 is 17.6 Å². The third-order valence-corrected chi connectivity index (χ3v) is 5.23. The highest BCUT2D eigenvalue weighted by atomic mass is 35.7. The van der Waals surface area contributed by atoms with E-state index < -0.39 is 26.0 Å². The monoisotopic (exact) mass is 345 g/mol. The van der Waals surface area contributed by atoms with Crippen molar-refractivity contribution in [2.45, 2.75) is 11.7 Å². The zero-order chi connectivity index (χ0) is 14.4. The van der Waals surface area contributed by atoms with Crippen molar-refractivity contribution in [1.82, 2.24) is 0 Å². The largest absolute Gasteiger partial charge is 0.309 e. The number of hydrogen-bond acceptors (Lipinski definition) is 3. The summed E-state index contributed by atoms with van der Waals surface area (Å²) in [6, 6.07) is 2.15. The number of amides is 1. The smallest absolute Gasteiger partial charge is 0.237 e. The zero-order valence-corrected chi connectivity index (χ0v) is 12.3. The highest BCUT2D eigenvalue weighted by molar-refractivity contribution is 8.14. The van der Waals surface area contributed by atoms with Crippen LogP contribution in [0.5, 0.6) is 0 Å². The minimum absolute atomic E-state index is 0.0624. The minimum atomic E-state index is -3.86. The second-order valence-corrected chi connectivity index (χ2v) is 7.75. The number of nitrogens with zero attached hydrogens (tertiary/aromatic N) is 1. The standard InChI is InChI=1S/C10H7Cl3FNO3S/c11-6-2-7(12)9(3-8(6)14)15-4-5(1-10(15)16)19(13,17)18/h2-3,5H,1,4H2. The van der Waals surface area contributed by atoms with E-state index in [1.807, 2.05) is 0 Å². The van der Waals surface area contributed by atoms with E-state index in [2.05, 4.69) is 0 Å². The third-order valence-electron chi connectivity index (χ3n) is 2.77. The van der Waals surface area contributed by atoms with Gasteiger partial charge in [-0.1, -0.05) is 23.2 Å². The molecule has 0 spiro atoms. The minimum Gasteiger partial charge on any atom is -0.309 e. The van der Waals surface area contributed by atoms with E-state index in [0.29, 0.717) is 0 Å². The normalized spacial score (nSPS) is 20.1. The van der Waals surface area contributed by atoms with Crippen molar-refractivity contribution in [2.75, 3.05) is 11.4 Å². The second-order valence-electron chi connectivity index (χ2n) is 4.02. The predicted molar refractivity (Wildman–Crippen MR) is 72.0 cm³/mol. The van der Waals surface area contributed by atoms with Gasteiger partial charge in [-0.05, 0) is 6.07 Å². The molecule has 0 aliphatic carbocycles. The van der Waals surface area contributed by atoms with Crippen molar-refractivity contribution >= 4 is 54.5 Å². The zero-order valence-electron chi connectivity index (χ0n) is 9.24. The van der Waals surface area contributed by atoms with Crippen LogP contribution in [0.25, 0.3) is 0 Å². The molecule has 1 aromatic rings. The maximum Gasteiger partial charge on any atom is 0.237 e. The molecule has 1 saturated heterocycles. The van der Waals surface area contributed by atoms with Crippen LogP contribution in [0, 0.1) is 5.82 Å². The Morgan fingerprint density at radius 1 is 1.26 bits per heavy atom. The summed E-state index contributed by atoms with van der Waals surface area (Å²) in [6.45, 7) is -0.161. The van der Waals surface area contributed by atoms with Crippen LogP contribution >= 0.6 is 33.9 Å². The number of rotatable bonds is 2. The molecule has 9 heteroatoms. The molecule has 1 aromatic carbocycles. The summed E-state index contributed by atoms with van der Waals surface area (Å²) in [5.41, 5.74) is 0.0800. The van der Waals surface area contributed by atoms with Gasteiger partial charge in [-0.25, -0.2) is 12.8 Å². The molecule has 1 aliphatic heterocycles. The first-order valence-corrected chi connectivity index (χ1v) is 8.21. The van der Waals surface area contributed by atoms with Gasteiger partial charge in [0.2, 0.25) is 15.0 Å². The fourth-order valence-corrected chi connectivity index (χ4v) is 3.33. The number of hydrogen-bond donors (Lipinski definition) is 0. The number of carbonyl (C=O) groups excluding carboxylic acids is 1. The maximum atomic E-state index is 13.4. The Bertz CT molecular complexity index is 650. The first-order valence-electron chi connectivity index (χ1n) is 5.08. The lowest BCUT2D eigenvalue weighted by molar-refractivity contribution is -0.117. The van der Waals surface area contributed by atoms with Crippen molar-refractivity contribution in [3.63, 3.8) is 0 Å². The SMILES string of the molecule is O=C1CC(S(=O)(=O)Cl)CN1c1cc(F)c(Cl)cc1Cl. The molecule has 1 heterocycles. The van der Waals surface area contributed by atoms with E-state index in [9.17, 15) is 17.6 Å². The first-order chi connectivity index (χ1) is 8.70. The summed E-state index contributed by atoms with van der Waals surface area (Å²) >= 11 is 11.4. The first kappa shape index (κ1) is 14.8. The molecule has 1 atom stereocenters. The Kier molecular flexibility index (Phi) is 3.97. The summed E-state index contributed by atoms with van der Waals surface area (Å²) < 4.78 is 35.8. The van der Waals surface area contributed by atoms with E-state index in [4.69, 9.17) is 33.9 Å². The van der Waals surface area contributed by atoms with Crippen LogP contribution in [0.4, 0.5) is 10.1 Å². The van der Waals surface area contributed by atoms with Gasteiger partial charge in [-0.2, -0.15) is 0 Å². The molecule has 104 valence electrons. The summed E-state index contributed by atoms with van der Waals surface area (Å²) in [4.78, 5) is 12.9. The van der Waals surface area contributed by atoms with Gasteiger partial charge in [0.25, 0.3) is 0 Å². The van der Waals surface area contributed by atoms with Crippen LogP contribution in [0.3, 0.4) is 0 Å². The Morgan fingerprint density at radius 2 is 1.89 bits per heavy atom. The van der Waals surface area contributed by atoms with E-state index in [0.717, 1.165) is 17.0 Å². The lowest BCUT2D eigenvalue weighted by Crippen LogP contribution is -2.27. The summed E-state index contributed by atoms with van der Waals surface area (Å²) in [5, 5.41) is -1.15. The van der Waals surface area contributed by atoms with Crippen LogP contribution in [0.15, 0.2) is 12.1 Å². The molecule has 1 fully saturated rings. The Morgan fingerprint density at radius 3 is 2.42 bits per heavy atom. The third kappa shape index (κ3) is 2.97. The van der Waals surface area contributed by atoms with Gasteiger partial charge in [0, 0.05) is 29.7 Å². The van der Waals surface area contributed by atoms with Crippen LogP contribution in [0.2, 0.25) is 10.0 Å². The molecule has 4 nitrogen and oxygen atoms in total. The van der Waals surface area contributed by atoms with E-state index in [-0.39, 0.29) is 28.7 Å². The highest BCUT2D eigenvalue weighted by Crippen LogP contribution is 2.35. The quantitative estimate of drug-likeness (QED) is 0.611. The molecule has 1 amide bonds.